The van der Waals surface area contributed by atoms with Crippen molar-refractivity contribution in [2.45, 2.75) is 18.7 Å². The number of imidazole rings is 1. The Bertz CT molecular complexity index is 1170. The summed E-state index contributed by atoms with van der Waals surface area (Å²) in [4.78, 5) is 26.8. The molecule has 1 aliphatic rings. The van der Waals surface area contributed by atoms with Gasteiger partial charge in [-0.1, -0.05) is 12.1 Å². The van der Waals surface area contributed by atoms with Gasteiger partial charge in [0.1, 0.15) is 23.8 Å². The fourth-order valence-corrected chi connectivity index (χ4v) is 4.88. The molecule has 0 spiro atoms. The maximum atomic E-state index is 13.0. The monoisotopic (exact) mass is 426 g/mol. The van der Waals surface area contributed by atoms with Crippen LogP contribution < -0.4 is 4.90 Å². The highest BCUT2D eigenvalue weighted by molar-refractivity contribution is 7.89. The van der Waals surface area contributed by atoms with E-state index in [1.807, 2.05) is 24.1 Å². The third kappa shape index (κ3) is 3.96. The maximum Gasteiger partial charge on any atom is 0.243 e. The molecule has 2 aromatic heterocycles. The Morgan fingerprint density at radius 3 is 2.43 bits per heavy atom. The van der Waals surface area contributed by atoms with E-state index in [9.17, 15) is 13.2 Å². The number of anilines is 1. The van der Waals surface area contributed by atoms with Crippen LogP contribution in [0.2, 0.25) is 0 Å². The molecular formula is C20H22N6O3S. The third-order valence-corrected chi connectivity index (χ3v) is 6.92. The molecule has 0 N–H and O–H groups in total. The number of Topliss-reactive ketones (excluding diaryl/α,β-unsaturated/α-hetero) is 1. The summed E-state index contributed by atoms with van der Waals surface area (Å²) in [6, 6.07) is 8.06. The minimum absolute atomic E-state index is 0.143. The highest BCUT2D eigenvalue weighted by Gasteiger charge is 2.29. The summed E-state index contributed by atoms with van der Waals surface area (Å²) in [5.74, 6) is 1.94. The normalized spacial score (nSPS) is 15.3. The van der Waals surface area contributed by atoms with E-state index in [2.05, 4.69) is 15.0 Å². The maximum absolute atomic E-state index is 13.0. The quantitative estimate of drug-likeness (QED) is 0.572. The van der Waals surface area contributed by atoms with Gasteiger partial charge in [-0.25, -0.2) is 23.4 Å². The number of carbonyl (C=O) groups excluding carboxylic acids is 1. The topological polar surface area (TPSA) is 101 Å². The van der Waals surface area contributed by atoms with Gasteiger partial charge >= 0.3 is 0 Å². The Morgan fingerprint density at radius 1 is 1.03 bits per heavy atom. The molecule has 0 bridgehead atoms. The van der Waals surface area contributed by atoms with Crippen molar-refractivity contribution < 1.29 is 13.2 Å². The fraction of sp³-hybridized carbons (Fsp3) is 0.300. The van der Waals surface area contributed by atoms with E-state index in [1.165, 1.54) is 23.4 Å². The average molecular weight is 427 g/mol. The number of benzene rings is 1. The minimum Gasteiger partial charge on any atom is -0.354 e. The van der Waals surface area contributed by atoms with E-state index < -0.39 is 10.0 Å². The lowest BCUT2D eigenvalue weighted by atomic mass is 10.2. The smallest absolute Gasteiger partial charge is 0.243 e. The second-order valence-corrected chi connectivity index (χ2v) is 9.01. The van der Waals surface area contributed by atoms with Crippen molar-refractivity contribution >= 4 is 21.6 Å². The van der Waals surface area contributed by atoms with Crippen LogP contribution in [0.3, 0.4) is 0 Å². The standard InChI is InChI=1S/C20H22N6O3S/c1-15(27)17-4-3-5-18(12-17)30(28,29)26-10-8-24(9-11-26)19-13-20(23-16(2)22-19)25-7-6-21-14-25/h3-7,12-14H,8-11H2,1-2H3. The van der Waals surface area contributed by atoms with Gasteiger partial charge in [0.25, 0.3) is 0 Å². The van der Waals surface area contributed by atoms with Gasteiger partial charge in [-0.2, -0.15) is 4.31 Å². The summed E-state index contributed by atoms with van der Waals surface area (Å²) >= 11 is 0. The largest absolute Gasteiger partial charge is 0.354 e. The summed E-state index contributed by atoms with van der Waals surface area (Å²) in [6.45, 7) is 4.92. The Kier molecular flexibility index (Phi) is 5.35. The fourth-order valence-electron chi connectivity index (χ4n) is 3.41. The van der Waals surface area contributed by atoms with Crippen LogP contribution in [0.4, 0.5) is 5.82 Å². The van der Waals surface area contributed by atoms with E-state index in [-0.39, 0.29) is 10.7 Å². The highest BCUT2D eigenvalue weighted by Crippen LogP contribution is 2.22. The van der Waals surface area contributed by atoms with Crippen molar-refractivity contribution in [2.24, 2.45) is 0 Å². The van der Waals surface area contributed by atoms with Crippen LogP contribution in [0, 0.1) is 6.92 Å². The third-order valence-electron chi connectivity index (χ3n) is 5.02. The van der Waals surface area contributed by atoms with Crippen LogP contribution in [0.1, 0.15) is 23.1 Å². The second kappa shape index (κ2) is 7.96. The number of rotatable bonds is 5. The molecule has 0 amide bonds. The van der Waals surface area contributed by atoms with Crippen LogP contribution in [0.15, 0.2) is 53.9 Å². The number of sulfonamides is 1. The number of hydrogen-bond acceptors (Lipinski definition) is 7. The van der Waals surface area contributed by atoms with Crippen molar-refractivity contribution in [1.29, 1.82) is 0 Å². The SMILES string of the molecule is CC(=O)c1cccc(S(=O)(=O)N2CCN(c3cc(-n4ccnc4)nc(C)n3)CC2)c1. The summed E-state index contributed by atoms with van der Waals surface area (Å²) in [5, 5.41) is 0. The molecule has 9 nitrogen and oxygen atoms in total. The number of ketones is 1. The molecule has 1 fully saturated rings. The molecule has 156 valence electrons. The molecule has 1 saturated heterocycles. The first-order valence-electron chi connectivity index (χ1n) is 9.55. The van der Waals surface area contributed by atoms with Gasteiger partial charge in [0.15, 0.2) is 5.78 Å². The molecule has 30 heavy (non-hydrogen) atoms. The van der Waals surface area contributed by atoms with Crippen LogP contribution in [0.25, 0.3) is 5.82 Å². The van der Waals surface area contributed by atoms with Gasteiger partial charge in [0.2, 0.25) is 10.0 Å². The first kappa shape index (κ1) is 20.2. The van der Waals surface area contributed by atoms with Crippen molar-refractivity contribution in [3.05, 3.63) is 60.4 Å². The van der Waals surface area contributed by atoms with E-state index >= 15 is 0 Å². The molecule has 1 aromatic carbocycles. The minimum atomic E-state index is -3.67. The first-order valence-corrected chi connectivity index (χ1v) is 11.0. The lowest BCUT2D eigenvalue weighted by molar-refractivity contribution is 0.101. The summed E-state index contributed by atoms with van der Waals surface area (Å²) in [5.41, 5.74) is 0.387. The van der Waals surface area contributed by atoms with E-state index in [4.69, 9.17) is 0 Å². The second-order valence-electron chi connectivity index (χ2n) is 7.08. The van der Waals surface area contributed by atoms with E-state index in [0.29, 0.717) is 43.4 Å². The zero-order chi connectivity index (χ0) is 21.3. The zero-order valence-corrected chi connectivity index (χ0v) is 17.6. The molecule has 0 unspecified atom stereocenters. The van der Waals surface area contributed by atoms with E-state index in [1.54, 1.807) is 29.2 Å². The van der Waals surface area contributed by atoms with Crippen molar-refractivity contribution in [3.63, 3.8) is 0 Å². The molecule has 0 atom stereocenters. The van der Waals surface area contributed by atoms with Crippen LogP contribution >= 0.6 is 0 Å². The van der Waals surface area contributed by atoms with Gasteiger partial charge < -0.3 is 4.90 Å². The molecule has 4 rings (SSSR count). The molecule has 0 radical (unpaired) electrons. The molecule has 0 aliphatic carbocycles. The van der Waals surface area contributed by atoms with Gasteiger partial charge in [0.05, 0.1) is 4.90 Å². The average Bonchev–Trinajstić information content (AvgIpc) is 3.28. The number of nitrogens with zero attached hydrogens (tertiary/aromatic N) is 6. The molecular weight excluding hydrogens is 404 g/mol. The van der Waals surface area contributed by atoms with Crippen LogP contribution in [-0.4, -0.2) is 64.2 Å². The van der Waals surface area contributed by atoms with Crippen LogP contribution in [-0.2, 0) is 10.0 Å². The first-order chi connectivity index (χ1) is 14.3. The summed E-state index contributed by atoms with van der Waals surface area (Å²) < 4.78 is 29.3. The van der Waals surface area contributed by atoms with Crippen molar-refractivity contribution in [3.8, 4) is 5.82 Å². The van der Waals surface area contributed by atoms with E-state index in [0.717, 1.165) is 5.82 Å². The number of piperazine rings is 1. The Morgan fingerprint density at radius 2 is 1.77 bits per heavy atom. The lowest BCUT2D eigenvalue weighted by Crippen LogP contribution is -2.49. The lowest BCUT2D eigenvalue weighted by Gasteiger charge is -2.34. The van der Waals surface area contributed by atoms with Crippen LogP contribution in [0.5, 0.6) is 0 Å². The molecule has 10 heteroatoms. The molecule has 1 aliphatic heterocycles. The number of aryl methyl sites for hydroxylation is 1. The Hall–Kier alpha value is -3.11. The Balaban J connectivity index is 1.52. The van der Waals surface area contributed by atoms with Gasteiger partial charge in [-0.3, -0.25) is 9.36 Å². The summed E-state index contributed by atoms with van der Waals surface area (Å²) in [6.07, 6.45) is 5.16. The van der Waals surface area contributed by atoms with Gasteiger partial charge in [0, 0.05) is 50.2 Å². The van der Waals surface area contributed by atoms with Gasteiger partial charge in [-0.15, -0.1) is 0 Å². The molecule has 3 aromatic rings. The zero-order valence-electron chi connectivity index (χ0n) is 16.8. The molecule has 3 heterocycles. The van der Waals surface area contributed by atoms with Crippen molar-refractivity contribution in [2.75, 3.05) is 31.1 Å². The number of carbonyl (C=O) groups is 1. The summed E-state index contributed by atoms with van der Waals surface area (Å²) in [7, 11) is -3.67. The van der Waals surface area contributed by atoms with Gasteiger partial charge in [-0.05, 0) is 26.0 Å². The van der Waals surface area contributed by atoms with Crippen molar-refractivity contribution in [1.82, 2.24) is 23.8 Å². The predicted octanol–water partition coefficient (Wildman–Crippen LogP) is 1.68. The Labute approximate surface area is 175 Å². The predicted molar refractivity (Wildman–Crippen MR) is 111 cm³/mol. The number of hydrogen-bond donors (Lipinski definition) is 0. The number of aromatic nitrogens is 4. The molecule has 0 saturated carbocycles. The highest BCUT2D eigenvalue weighted by atomic mass is 32.2.